The van der Waals surface area contributed by atoms with Gasteiger partial charge in [0.05, 0.1) is 30.1 Å². The molecule has 9 nitrogen and oxygen atoms in total. The zero-order valence-corrected chi connectivity index (χ0v) is 19.8. The molecule has 4 aromatic rings. The van der Waals surface area contributed by atoms with E-state index in [0.717, 1.165) is 16.9 Å². The number of rotatable bonds is 5. The summed E-state index contributed by atoms with van der Waals surface area (Å²) in [6.07, 6.45) is 12.0. The molecule has 4 aromatic heterocycles. The number of amides is 1. The van der Waals surface area contributed by atoms with Crippen LogP contribution in [0.5, 0.6) is 5.75 Å². The molecule has 178 valence electrons. The fourth-order valence-corrected chi connectivity index (χ4v) is 4.28. The van der Waals surface area contributed by atoms with Crippen LogP contribution < -0.4 is 9.64 Å². The van der Waals surface area contributed by atoms with E-state index < -0.39 is 0 Å². The minimum Gasteiger partial charge on any atom is -0.492 e. The topological polar surface area (TPSA) is 99.7 Å². The highest BCUT2D eigenvalue weighted by Gasteiger charge is 2.24. The van der Waals surface area contributed by atoms with E-state index in [1.165, 1.54) is 6.20 Å². The first-order chi connectivity index (χ1) is 17.6. The Balaban J connectivity index is 1.32. The number of terminal acetylenes is 1. The Kier molecular flexibility index (Phi) is 6.21. The lowest BCUT2D eigenvalue weighted by molar-refractivity contribution is 0.0740. The number of carbonyl (C=O) groups is 1. The zero-order chi connectivity index (χ0) is 25.1. The summed E-state index contributed by atoms with van der Waals surface area (Å²) < 4.78 is 7.36. The van der Waals surface area contributed by atoms with Gasteiger partial charge in [0.15, 0.2) is 0 Å². The normalized spacial score (nSPS) is 13.3. The lowest BCUT2D eigenvalue weighted by Crippen LogP contribution is -2.49. The van der Waals surface area contributed by atoms with Gasteiger partial charge >= 0.3 is 0 Å². The number of anilines is 1. The fraction of sp³-hybridized carbons (Fsp3) is 0.222. The van der Waals surface area contributed by atoms with Crippen LogP contribution in [0, 0.1) is 23.7 Å². The fourth-order valence-electron chi connectivity index (χ4n) is 4.28. The van der Waals surface area contributed by atoms with Crippen LogP contribution in [0.4, 0.5) is 5.82 Å². The maximum absolute atomic E-state index is 12.8. The third-order valence-corrected chi connectivity index (χ3v) is 6.12. The van der Waals surface area contributed by atoms with Crippen molar-refractivity contribution in [3.05, 3.63) is 71.9 Å². The highest BCUT2D eigenvalue weighted by molar-refractivity contribution is 5.92. The molecule has 0 radical (unpaired) electrons. The molecule has 9 heteroatoms. The van der Waals surface area contributed by atoms with Gasteiger partial charge < -0.3 is 14.5 Å². The molecule has 0 unspecified atom stereocenters. The largest absolute Gasteiger partial charge is 0.492 e. The van der Waals surface area contributed by atoms with Gasteiger partial charge in [0.25, 0.3) is 5.91 Å². The van der Waals surface area contributed by atoms with Crippen molar-refractivity contribution in [2.24, 2.45) is 0 Å². The smallest absolute Gasteiger partial charge is 0.272 e. The van der Waals surface area contributed by atoms with Gasteiger partial charge in [-0.15, -0.1) is 6.42 Å². The summed E-state index contributed by atoms with van der Waals surface area (Å²) in [6, 6.07) is 11.4. The van der Waals surface area contributed by atoms with Crippen molar-refractivity contribution in [1.82, 2.24) is 24.5 Å². The van der Waals surface area contributed by atoms with Crippen LogP contribution in [-0.4, -0.2) is 63.2 Å². The van der Waals surface area contributed by atoms with Gasteiger partial charge in [-0.1, -0.05) is 5.92 Å². The molecule has 5 heterocycles. The highest BCUT2D eigenvalue weighted by Crippen LogP contribution is 2.31. The first-order valence-electron chi connectivity index (χ1n) is 11.6. The van der Waals surface area contributed by atoms with E-state index in [9.17, 15) is 10.1 Å². The van der Waals surface area contributed by atoms with E-state index in [1.807, 2.05) is 25.1 Å². The van der Waals surface area contributed by atoms with E-state index in [0.29, 0.717) is 60.9 Å². The number of nitriles is 1. The summed E-state index contributed by atoms with van der Waals surface area (Å²) in [5.41, 5.74) is 3.92. The van der Waals surface area contributed by atoms with Gasteiger partial charge in [0, 0.05) is 55.3 Å². The van der Waals surface area contributed by atoms with Gasteiger partial charge in [0.2, 0.25) is 0 Å². The number of hydrogen-bond acceptors (Lipinski definition) is 7. The molecule has 0 atom stereocenters. The highest BCUT2D eigenvalue weighted by atomic mass is 16.5. The number of nitrogens with zero attached hydrogens (tertiary/aromatic N) is 7. The summed E-state index contributed by atoms with van der Waals surface area (Å²) in [6.45, 7) is 4.90. The second-order valence-corrected chi connectivity index (χ2v) is 8.25. The molecular weight excluding hydrogens is 454 g/mol. The van der Waals surface area contributed by atoms with Gasteiger partial charge in [0.1, 0.15) is 23.3 Å². The Bertz CT molecular complexity index is 1490. The maximum atomic E-state index is 12.8. The number of hydrogen-bond donors (Lipinski definition) is 0. The van der Waals surface area contributed by atoms with E-state index in [-0.39, 0.29) is 5.91 Å². The number of pyridine rings is 3. The number of aromatic nitrogens is 4. The predicted molar refractivity (Wildman–Crippen MR) is 135 cm³/mol. The van der Waals surface area contributed by atoms with Gasteiger partial charge in [-0.25, -0.2) is 14.5 Å². The summed E-state index contributed by atoms with van der Waals surface area (Å²) in [4.78, 5) is 25.6. The SMILES string of the molecule is C#Cc1ccc(C(=O)N2CCN(c3ccc(-c4cc(OCC)cn5ncc(C#N)c45)cn3)CC2)nc1. The van der Waals surface area contributed by atoms with Crippen LogP contribution in [0.1, 0.15) is 28.5 Å². The van der Waals surface area contributed by atoms with Crippen molar-refractivity contribution in [2.45, 2.75) is 6.92 Å². The molecule has 0 saturated carbocycles. The first-order valence-corrected chi connectivity index (χ1v) is 11.6. The Morgan fingerprint density at radius 1 is 1.11 bits per heavy atom. The average molecular weight is 478 g/mol. The number of fused-ring (bicyclic) bond motifs is 1. The third kappa shape index (κ3) is 4.30. The third-order valence-electron chi connectivity index (χ3n) is 6.12. The Morgan fingerprint density at radius 2 is 1.94 bits per heavy atom. The van der Waals surface area contributed by atoms with Crippen molar-refractivity contribution in [2.75, 3.05) is 37.7 Å². The molecule has 0 N–H and O–H groups in total. The molecule has 0 aromatic carbocycles. The summed E-state index contributed by atoms with van der Waals surface area (Å²) in [5.74, 6) is 3.90. The summed E-state index contributed by atoms with van der Waals surface area (Å²) in [7, 11) is 0. The van der Waals surface area contributed by atoms with Gasteiger partial charge in [-0.3, -0.25) is 4.79 Å². The maximum Gasteiger partial charge on any atom is 0.272 e. The molecule has 0 aliphatic carbocycles. The van der Waals surface area contributed by atoms with E-state index in [2.05, 4.69) is 32.0 Å². The molecule has 1 aliphatic heterocycles. The molecule has 1 aliphatic rings. The lowest BCUT2D eigenvalue weighted by Gasteiger charge is -2.35. The van der Waals surface area contributed by atoms with Gasteiger partial charge in [-0.05, 0) is 37.3 Å². The molecular formula is C27H23N7O2. The van der Waals surface area contributed by atoms with Crippen LogP contribution in [0.3, 0.4) is 0 Å². The molecule has 1 fully saturated rings. The van der Waals surface area contributed by atoms with Crippen molar-refractivity contribution in [3.8, 4) is 35.3 Å². The lowest BCUT2D eigenvalue weighted by atomic mass is 10.1. The zero-order valence-electron chi connectivity index (χ0n) is 19.8. The standard InChI is InChI=1S/C27H23N7O2/c1-3-19-5-7-24(29-15-19)27(35)33-11-9-32(10-12-33)25-8-6-20(16-30-25)23-13-22(36-4-2)18-34-26(23)21(14-28)17-31-34/h1,5-8,13,15-18H,4,9-12H2,2H3. The second-order valence-electron chi connectivity index (χ2n) is 8.25. The number of ether oxygens (including phenoxy) is 1. The van der Waals surface area contributed by atoms with Crippen molar-refractivity contribution >= 4 is 17.2 Å². The van der Waals surface area contributed by atoms with Crippen LogP contribution in [0.2, 0.25) is 0 Å². The van der Waals surface area contributed by atoms with Crippen LogP contribution >= 0.6 is 0 Å². The van der Waals surface area contributed by atoms with Crippen LogP contribution in [0.15, 0.2) is 55.1 Å². The van der Waals surface area contributed by atoms with Crippen molar-refractivity contribution in [3.63, 3.8) is 0 Å². The molecule has 1 amide bonds. The van der Waals surface area contributed by atoms with Crippen LogP contribution in [-0.2, 0) is 0 Å². The second kappa shape index (κ2) is 9.77. The first kappa shape index (κ1) is 22.9. The molecule has 36 heavy (non-hydrogen) atoms. The molecule has 5 rings (SSSR count). The summed E-state index contributed by atoms with van der Waals surface area (Å²) in [5, 5.41) is 13.8. The van der Waals surface area contributed by atoms with E-state index in [4.69, 9.17) is 11.2 Å². The van der Waals surface area contributed by atoms with Crippen LogP contribution in [0.25, 0.3) is 16.6 Å². The number of carbonyl (C=O) groups excluding carboxylic acids is 1. The van der Waals surface area contributed by atoms with E-state index >= 15 is 0 Å². The summed E-state index contributed by atoms with van der Waals surface area (Å²) >= 11 is 0. The Hall–Kier alpha value is -4.89. The predicted octanol–water partition coefficient (Wildman–Crippen LogP) is 3.01. The van der Waals surface area contributed by atoms with Gasteiger partial charge in [-0.2, -0.15) is 10.4 Å². The molecule has 1 saturated heterocycles. The molecule has 0 spiro atoms. The minimum atomic E-state index is -0.103. The monoisotopic (exact) mass is 477 g/mol. The van der Waals surface area contributed by atoms with Crippen molar-refractivity contribution < 1.29 is 9.53 Å². The minimum absolute atomic E-state index is 0.103. The Morgan fingerprint density at radius 3 is 2.58 bits per heavy atom. The van der Waals surface area contributed by atoms with E-state index in [1.54, 1.807) is 40.1 Å². The average Bonchev–Trinajstić information content (AvgIpc) is 3.36. The Labute approximate surface area is 208 Å². The number of piperazine rings is 1. The quantitative estimate of drug-likeness (QED) is 0.408. The van der Waals surface area contributed by atoms with Crippen molar-refractivity contribution in [1.29, 1.82) is 5.26 Å². The molecule has 0 bridgehead atoms.